The van der Waals surface area contributed by atoms with Crippen molar-refractivity contribution in [3.8, 4) is 0 Å². The van der Waals surface area contributed by atoms with E-state index in [4.69, 9.17) is 4.74 Å². The molecule has 6 heteroatoms. The van der Waals surface area contributed by atoms with E-state index in [0.717, 1.165) is 6.08 Å². The number of ether oxygens (including phenoxy) is 2. The summed E-state index contributed by atoms with van der Waals surface area (Å²) < 4.78 is 13.9. The SMILES string of the molecule is CCOC(=O)/C(=C/C(=O)c1ccon1)OC. The van der Waals surface area contributed by atoms with Crippen LogP contribution in [0.15, 0.2) is 28.7 Å². The van der Waals surface area contributed by atoms with Gasteiger partial charge in [-0.2, -0.15) is 0 Å². The second kappa shape index (κ2) is 5.69. The number of carbonyl (C=O) groups excluding carboxylic acids is 2. The quantitative estimate of drug-likeness (QED) is 0.321. The van der Waals surface area contributed by atoms with Gasteiger partial charge in [-0.1, -0.05) is 5.16 Å². The van der Waals surface area contributed by atoms with Crippen LogP contribution < -0.4 is 0 Å². The van der Waals surface area contributed by atoms with Crippen molar-refractivity contribution in [2.45, 2.75) is 6.92 Å². The minimum atomic E-state index is -0.693. The summed E-state index contributed by atoms with van der Waals surface area (Å²) in [4.78, 5) is 22.8. The van der Waals surface area contributed by atoms with Crippen LogP contribution in [0.4, 0.5) is 0 Å². The van der Waals surface area contributed by atoms with Crippen LogP contribution in [0.5, 0.6) is 0 Å². The minimum absolute atomic E-state index is 0.0962. The third-order valence-electron chi connectivity index (χ3n) is 1.65. The second-order valence-corrected chi connectivity index (χ2v) is 2.68. The Balaban J connectivity index is 2.80. The lowest BCUT2D eigenvalue weighted by Crippen LogP contribution is -2.11. The Kier molecular flexibility index (Phi) is 4.26. The van der Waals surface area contributed by atoms with Crippen LogP contribution in [0.3, 0.4) is 0 Å². The fourth-order valence-electron chi connectivity index (χ4n) is 0.936. The predicted octanol–water partition coefficient (Wildman–Crippen LogP) is 0.951. The predicted molar refractivity (Wildman–Crippen MR) is 52.6 cm³/mol. The first kappa shape index (κ1) is 12.0. The lowest BCUT2D eigenvalue weighted by Gasteiger charge is -2.03. The zero-order valence-electron chi connectivity index (χ0n) is 8.93. The van der Waals surface area contributed by atoms with E-state index in [1.807, 2.05) is 0 Å². The molecule has 1 heterocycles. The van der Waals surface area contributed by atoms with Crippen LogP contribution in [-0.4, -0.2) is 30.6 Å². The highest BCUT2D eigenvalue weighted by atomic mass is 16.6. The van der Waals surface area contributed by atoms with Gasteiger partial charge in [0.2, 0.25) is 11.5 Å². The van der Waals surface area contributed by atoms with Crippen LogP contribution >= 0.6 is 0 Å². The monoisotopic (exact) mass is 225 g/mol. The number of carbonyl (C=O) groups is 2. The topological polar surface area (TPSA) is 78.6 Å². The van der Waals surface area contributed by atoms with Crippen LogP contribution in [0.25, 0.3) is 0 Å². The molecule has 0 aromatic carbocycles. The number of rotatable bonds is 5. The van der Waals surface area contributed by atoms with Crippen molar-refractivity contribution >= 4 is 11.8 Å². The van der Waals surface area contributed by atoms with Crippen LogP contribution in [-0.2, 0) is 14.3 Å². The van der Waals surface area contributed by atoms with Crippen molar-refractivity contribution in [1.82, 2.24) is 5.16 Å². The number of hydrogen-bond acceptors (Lipinski definition) is 6. The Morgan fingerprint density at radius 2 is 2.31 bits per heavy atom. The van der Waals surface area contributed by atoms with E-state index in [2.05, 4.69) is 14.4 Å². The Morgan fingerprint density at radius 3 is 2.81 bits per heavy atom. The first-order chi connectivity index (χ1) is 7.69. The summed E-state index contributed by atoms with van der Waals surface area (Å²) in [6.07, 6.45) is 2.27. The molecule has 6 nitrogen and oxygen atoms in total. The van der Waals surface area contributed by atoms with Crippen LogP contribution in [0.1, 0.15) is 17.4 Å². The molecule has 0 atom stereocenters. The number of ketones is 1. The van der Waals surface area contributed by atoms with E-state index in [9.17, 15) is 9.59 Å². The highest BCUT2D eigenvalue weighted by molar-refractivity contribution is 6.06. The third-order valence-corrected chi connectivity index (χ3v) is 1.65. The average Bonchev–Trinajstić information content (AvgIpc) is 2.79. The maximum absolute atomic E-state index is 11.5. The molecule has 86 valence electrons. The Labute approximate surface area is 91.8 Å². The molecule has 0 saturated carbocycles. The molecular weight excluding hydrogens is 214 g/mol. The van der Waals surface area contributed by atoms with E-state index in [1.54, 1.807) is 6.92 Å². The summed E-state index contributed by atoms with van der Waals surface area (Å²) in [5, 5.41) is 3.43. The van der Waals surface area contributed by atoms with E-state index in [1.165, 1.54) is 19.4 Å². The fraction of sp³-hybridized carbons (Fsp3) is 0.300. The van der Waals surface area contributed by atoms with Gasteiger partial charge >= 0.3 is 5.97 Å². The molecule has 0 spiro atoms. The van der Waals surface area contributed by atoms with Gasteiger partial charge in [0, 0.05) is 12.1 Å². The van der Waals surface area contributed by atoms with Gasteiger partial charge < -0.3 is 14.0 Å². The lowest BCUT2D eigenvalue weighted by molar-refractivity contribution is -0.142. The van der Waals surface area contributed by atoms with Crippen molar-refractivity contribution in [2.24, 2.45) is 0 Å². The van der Waals surface area contributed by atoms with Gasteiger partial charge in [-0.05, 0) is 6.92 Å². The second-order valence-electron chi connectivity index (χ2n) is 2.68. The standard InChI is InChI=1S/C10H11NO5/c1-3-15-10(13)9(14-2)6-8(12)7-4-5-16-11-7/h4-6H,3H2,1-2H3/b9-6-. The number of allylic oxidation sites excluding steroid dienone is 1. The molecular formula is C10H11NO5. The smallest absolute Gasteiger partial charge is 0.373 e. The molecule has 0 amide bonds. The first-order valence-electron chi connectivity index (χ1n) is 4.56. The molecule has 0 fully saturated rings. The van der Waals surface area contributed by atoms with E-state index >= 15 is 0 Å². The summed E-state index contributed by atoms with van der Waals surface area (Å²) in [5.41, 5.74) is 0.0962. The first-order valence-corrected chi connectivity index (χ1v) is 4.56. The number of hydrogen-bond donors (Lipinski definition) is 0. The lowest BCUT2D eigenvalue weighted by atomic mass is 10.2. The summed E-state index contributed by atoms with van der Waals surface area (Å²) in [6.45, 7) is 1.86. The summed E-state index contributed by atoms with van der Waals surface area (Å²) in [5.74, 6) is -1.35. The summed E-state index contributed by atoms with van der Waals surface area (Å²) in [6, 6.07) is 1.39. The van der Waals surface area contributed by atoms with Crippen LogP contribution in [0.2, 0.25) is 0 Å². The minimum Gasteiger partial charge on any atom is -0.490 e. The van der Waals surface area contributed by atoms with Crippen molar-refractivity contribution < 1.29 is 23.6 Å². The Hall–Kier alpha value is -2.11. The van der Waals surface area contributed by atoms with Gasteiger partial charge in [0.05, 0.1) is 13.7 Å². The highest BCUT2D eigenvalue weighted by Gasteiger charge is 2.15. The molecule has 0 bridgehead atoms. The Morgan fingerprint density at radius 1 is 1.56 bits per heavy atom. The van der Waals surface area contributed by atoms with Crippen molar-refractivity contribution in [2.75, 3.05) is 13.7 Å². The molecule has 0 aliphatic heterocycles. The molecule has 1 aromatic heterocycles. The highest BCUT2D eigenvalue weighted by Crippen LogP contribution is 2.04. The third kappa shape index (κ3) is 2.94. The van der Waals surface area contributed by atoms with Crippen molar-refractivity contribution in [3.05, 3.63) is 29.9 Å². The largest absolute Gasteiger partial charge is 0.490 e. The van der Waals surface area contributed by atoms with Gasteiger partial charge in [0.25, 0.3) is 0 Å². The Bertz CT molecular complexity index is 393. The van der Waals surface area contributed by atoms with Gasteiger partial charge in [-0.15, -0.1) is 0 Å². The maximum atomic E-state index is 11.5. The van der Waals surface area contributed by atoms with Crippen LogP contribution in [0, 0.1) is 0 Å². The maximum Gasteiger partial charge on any atom is 0.373 e. The number of esters is 1. The van der Waals surface area contributed by atoms with Gasteiger partial charge in [-0.3, -0.25) is 4.79 Å². The van der Waals surface area contributed by atoms with E-state index in [0.29, 0.717) is 0 Å². The van der Waals surface area contributed by atoms with Gasteiger partial charge in [0.15, 0.2) is 5.69 Å². The number of nitrogens with zero attached hydrogens (tertiary/aromatic N) is 1. The molecule has 0 aliphatic carbocycles. The summed E-state index contributed by atoms with van der Waals surface area (Å²) in [7, 11) is 1.28. The molecule has 1 aromatic rings. The van der Waals surface area contributed by atoms with Gasteiger partial charge in [0.1, 0.15) is 6.26 Å². The summed E-state index contributed by atoms with van der Waals surface area (Å²) >= 11 is 0. The average molecular weight is 225 g/mol. The van der Waals surface area contributed by atoms with E-state index < -0.39 is 11.8 Å². The molecule has 0 saturated heterocycles. The number of aromatic nitrogens is 1. The molecule has 0 N–H and O–H groups in total. The van der Waals surface area contributed by atoms with E-state index in [-0.39, 0.29) is 18.1 Å². The van der Waals surface area contributed by atoms with Gasteiger partial charge in [-0.25, -0.2) is 4.79 Å². The van der Waals surface area contributed by atoms with Crippen molar-refractivity contribution in [3.63, 3.8) is 0 Å². The molecule has 0 unspecified atom stereocenters. The molecule has 16 heavy (non-hydrogen) atoms. The fourth-order valence-corrected chi connectivity index (χ4v) is 0.936. The van der Waals surface area contributed by atoms with Crippen molar-refractivity contribution in [1.29, 1.82) is 0 Å². The zero-order valence-corrected chi connectivity index (χ0v) is 8.93. The molecule has 0 radical (unpaired) electrons. The molecule has 1 rings (SSSR count). The zero-order chi connectivity index (χ0) is 12.0. The molecule has 0 aliphatic rings. The normalized spacial score (nSPS) is 11.0. The number of methoxy groups -OCH3 is 1.